The summed E-state index contributed by atoms with van der Waals surface area (Å²) in [5.74, 6) is -1.56. The van der Waals surface area contributed by atoms with Crippen LogP contribution in [0.5, 0.6) is 0 Å². The summed E-state index contributed by atoms with van der Waals surface area (Å²) in [7, 11) is 0. The van der Waals surface area contributed by atoms with Crippen molar-refractivity contribution in [2.75, 3.05) is 18.0 Å². The zero-order valence-electron chi connectivity index (χ0n) is 26.5. The number of benzene rings is 3. The number of aryl methyl sites for hydroxylation is 1. The lowest BCUT2D eigenvalue weighted by molar-refractivity contribution is -0.148. The molecule has 0 aliphatic carbocycles. The van der Waals surface area contributed by atoms with Gasteiger partial charge in [-0.1, -0.05) is 42.5 Å². The second kappa shape index (κ2) is 14.2. The molecule has 4 bridgehead atoms. The topological polar surface area (TPSA) is 117 Å². The molecule has 2 atom stereocenters. The predicted molar refractivity (Wildman–Crippen MR) is 174 cm³/mol. The maximum absolute atomic E-state index is 14.3. The summed E-state index contributed by atoms with van der Waals surface area (Å²) >= 11 is 0. The fourth-order valence-electron chi connectivity index (χ4n) is 5.93. The van der Waals surface area contributed by atoms with Crippen LogP contribution in [0.1, 0.15) is 67.9 Å². The van der Waals surface area contributed by atoms with E-state index in [0.717, 1.165) is 16.7 Å². The van der Waals surface area contributed by atoms with Crippen molar-refractivity contribution < 1.29 is 28.3 Å². The first-order valence-electron chi connectivity index (χ1n) is 15.8. The average Bonchev–Trinajstić information content (AvgIpc) is 3.14. The van der Waals surface area contributed by atoms with Gasteiger partial charge in [0, 0.05) is 42.7 Å². The number of fused-ring (bicyclic) bond motifs is 16. The van der Waals surface area contributed by atoms with E-state index in [1.54, 1.807) is 30.0 Å². The molecule has 242 valence electrons. The molecule has 46 heavy (non-hydrogen) atoms. The fourth-order valence-corrected chi connectivity index (χ4v) is 5.93. The first-order valence-corrected chi connectivity index (χ1v) is 15.8. The normalized spacial score (nSPS) is 21.5. The molecule has 0 saturated heterocycles. The molecule has 3 heterocycles. The Morgan fingerprint density at radius 1 is 0.935 bits per heavy atom. The Balaban J connectivity index is 1.46. The Bertz CT molecular complexity index is 1610. The summed E-state index contributed by atoms with van der Waals surface area (Å²) < 4.78 is 19.8. The van der Waals surface area contributed by atoms with Gasteiger partial charge in [0.1, 0.15) is 18.0 Å². The molecule has 0 unspecified atom stereocenters. The maximum Gasteiger partial charge on any atom is 0.306 e. The Kier molecular flexibility index (Phi) is 10.2. The second-order valence-corrected chi connectivity index (χ2v) is 12.7. The van der Waals surface area contributed by atoms with E-state index in [0.29, 0.717) is 49.2 Å². The van der Waals surface area contributed by atoms with Gasteiger partial charge in [0.2, 0.25) is 11.8 Å². The van der Waals surface area contributed by atoms with E-state index in [2.05, 4.69) is 16.0 Å². The van der Waals surface area contributed by atoms with Crippen molar-refractivity contribution in [1.82, 2.24) is 16.0 Å². The molecule has 0 fully saturated rings. The lowest BCUT2D eigenvalue weighted by atomic mass is 9.98. The molecule has 9 nitrogen and oxygen atoms in total. The predicted octanol–water partition coefficient (Wildman–Crippen LogP) is 4.67. The average molecular weight is 629 g/mol. The van der Waals surface area contributed by atoms with Crippen molar-refractivity contribution >= 4 is 29.4 Å². The van der Waals surface area contributed by atoms with E-state index < -0.39 is 17.7 Å². The maximum atomic E-state index is 14.3. The molecule has 0 saturated carbocycles. The summed E-state index contributed by atoms with van der Waals surface area (Å²) in [5, 5.41) is 9.13. The lowest BCUT2D eigenvalue weighted by Gasteiger charge is -2.29. The molecule has 3 aromatic rings. The monoisotopic (exact) mass is 628 g/mol. The summed E-state index contributed by atoms with van der Waals surface area (Å²) in [6, 6.07) is 18.5. The molecular weight excluding hydrogens is 587 g/mol. The van der Waals surface area contributed by atoms with Gasteiger partial charge in [-0.2, -0.15) is 0 Å². The molecule has 0 spiro atoms. The van der Waals surface area contributed by atoms with Gasteiger partial charge >= 0.3 is 5.97 Å². The first kappa shape index (κ1) is 32.8. The van der Waals surface area contributed by atoms with Crippen LogP contribution >= 0.6 is 0 Å². The summed E-state index contributed by atoms with van der Waals surface area (Å²) in [6.45, 7) is 6.37. The van der Waals surface area contributed by atoms with Gasteiger partial charge in [-0.25, -0.2) is 4.39 Å². The van der Waals surface area contributed by atoms with Gasteiger partial charge in [0.05, 0.1) is 6.54 Å². The molecule has 0 radical (unpaired) electrons. The number of anilines is 1. The SMILES string of the molecule is C[C@@H]1CNC(C)(C)CC(=O)N[C@@H]2CCc3cc(F)ccc3N(Cc3ccc(cc3)-c3ccccc3C(=O)NCCCC(=O)O1)C2=O. The van der Waals surface area contributed by atoms with Crippen LogP contribution in [0.25, 0.3) is 11.1 Å². The van der Waals surface area contributed by atoms with Gasteiger partial charge in [-0.15, -0.1) is 0 Å². The number of hydrogen-bond donors (Lipinski definition) is 3. The van der Waals surface area contributed by atoms with Crippen molar-refractivity contribution in [2.45, 2.75) is 77.1 Å². The second-order valence-electron chi connectivity index (χ2n) is 12.7. The van der Waals surface area contributed by atoms with Crippen LogP contribution in [-0.2, 0) is 32.1 Å². The van der Waals surface area contributed by atoms with Crippen LogP contribution in [-0.4, -0.2) is 54.5 Å². The Morgan fingerprint density at radius 3 is 2.43 bits per heavy atom. The van der Waals surface area contributed by atoms with E-state index in [1.165, 1.54) is 12.1 Å². The first-order chi connectivity index (χ1) is 22.0. The van der Waals surface area contributed by atoms with E-state index in [-0.39, 0.29) is 48.9 Å². The number of carbonyl (C=O) groups excluding carboxylic acids is 4. The summed E-state index contributed by atoms with van der Waals surface area (Å²) in [6.07, 6.45) is 0.978. The number of hydrogen-bond acceptors (Lipinski definition) is 6. The summed E-state index contributed by atoms with van der Waals surface area (Å²) in [4.78, 5) is 54.4. The molecule has 3 amide bonds. The van der Waals surface area contributed by atoms with Crippen molar-refractivity contribution in [2.24, 2.45) is 0 Å². The van der Waals surface area contributed by atoms with Crippen molar-refractivity contribution in [3.05, 3.63) is 89.2 Å². The molecule has 10 heteroatoms. The van der Waals surface area contributed by atoms with Crippen LogP contribution in [0.4, 0.5) is 10.1 Å². The van der Waals surface area contributed by atoms with Crippen LogP contribution in [0.2, 0.25) is 0 Å². The van der Waals surface area contributed by atoms with Gasteiger partial charge < -0.3 is 25.6 Å². The van der Waals surface area contributed by atoms with E-state index in [1.807, 2.05) is 50.2 Å². The third-order valence-corrected chi connectivity index (χ3v) is 8.36. The van der Waals surface area contributed by atoms with Gasteiger partial charge in [0.15, 0.2) is 0 Å². The van der Waals surface area contributed by atoms with Crippen molar-refractivity contribution in [3.63, 3.8) is 0 Å². The molecule has 3 N–H and O–H groups in total. The molecule has 0 aromatic heterocycles. The van der Waals surface area contributed by atoms with E-state index >= 15 is 0 Å². The standard InChI is InChI=1S/C36H41FN4O5/c1-23-21-39-36(2,3)20-32(42)40-30-16-14-26-19-27(37)15-17-31(26)41(35(30)45)22-24-10-12-25(13-11-24)28-7-4-5-8-29(28)34(44)38-18-6-9-33(43)46-23/h4-5,7-8,10-13,15,17,19,23,30,39H,6,9,14,16,18,20-22H2,1-3H3,(H,38,44)(H,40,42)/t23-,30-/m1/s1. The molecule has 3 aliphatic rings. The number of halogens is 1. The molecule has 3 aromatic carbocycles. The minimum atomic E-state index is -0.797. The zero-order chi connectivity index (χ0) is 32.8. The minimum absolute atomic E-state index is 0.0850. The number of nitrogens with zero attached hydrogens (tertiary/aromatic N) is 1. The summed E-state index contributed by atoms with van der Waals surface area (Å²) in [5.41, 5.74) is 3.58. The number of carbonyl (C=O) groups is 4. The van der Waals surface area contributed by atoms with Gasteiger partial charge in [-0.05, 0) is 86.6 Å². The van der Waals surface area contributed by atoms with Crippen molar-refractivity contribution in [1.29, 1.82) is 0 Å². The number of nitrogens with one attached hydrogen (secondary N) is 3. The molecular formula is C36H41FN4O5. The Hall–Kier alpha value is -4.57. The van der Waals surface area contributed by atoms with Crippen LogP contribution < -0.4 is 20.9 Å². The van der Waals surface area contributed by atoms with Crippen LogP contribution in [0.3, 0.4) is 0 Å². The van der Waals surface area contributed by atoms with Gasteiger partial charge in [-0.3, -0.25) is 19.2 Å². The third-order valence-electron chi connectivity index (χ3n) is 8.36. The zero-order valence-corrected chi connectivity index (χ0v) is 26.5. The number of rotatable bonds is 0. The van der Waals surface area contributed by atoms with Gasteiger partial charge in [0.25, 0.3) is 5.91 Å². The number of amides is 3. The van der Waals surface area contributed by atoms with Crippen LogP contribution in [0.15, 0.2) is 66.7 Å². The fraction of sp³-hybridized carbons (Fsp3) is 0.389. The highest BCUT2D eigenvalue weighted by Crippen LogP contribution is 2.31. The number of esters is 1. The Morgan fingerprint density at radius 2 is 1.67 bits per heavy atom. The minimum Gasteiger partial charge on any atom is -0.461 e. The lowest BCUT2D eigenvalue weighted by Crippen LogP contribution is -2.51. The quantitative estimate of drug-likeness (QED) is 0.312. The highest BCUT2D eigenvalue weighted by Gasteiger charge is 2.33. The highest BCUT2D eigenvalue weighted by atomic mass is 19.1. The highest BCUT2D eigenvalue weighted by molar-refractivity contribution is 6.01. The number of ether oxygens (including phenoxy) is 1. The van der Waals surface area contributed by atoms with Crippen molar-refractivity contribution in [3.8, 4) is 11.1 Å². The van der Waals surface area contributed by atoms with E-state index in [4.69, 9.17) is 4.74 Å². The van der Waals surface area contributed by atoms with E-state index in [9.17, 15) is 23.6 Å². The smallest absolute Gasteiger partial charge is 0.306 e. The molecule has 3 aliphatic heterocycles. The van der Waals surface area contributed by atoms with Crippen LogP contribution in [0, 0.1) is 5.82 Å². The molecule has 6 rings (SSSR count). The Labute approximate surface area is 268 Å². The third kappa shape index (κ3) is 8.17. The largest absolute Gasteiger partial charge is 0.461 e.